The Labute approximate surface area is 131 Å². The van der Waals surface area contributed by atoms with Gasteiger partial charge in [0.05, 0.1) is 11.5 Å². The minimum atomic E-state index is -4.12. The van der Waals surface area contributed by atoms with Crippen molar-refractivity contribution in [2.45, 2.75) is 4.90 Å². The number of halogens is 2. The van der Waals surface area contributed by atoms with Crippen LogP contribution in [0.25, 0.3) is 0 Å². The van der Waals surface area contributed by atoms with E-state index in [0.717, 1.165) is 16.4 Å². The molecule has 116 valence electrons. The highest BCUT2D eigenvalue weighted by atomic mass is 35.5. The number of aliphatic hydroxyl groups excluding tert-OH is 1. The van der Waals surface area contributed by atoms with Crippen LogP contribution in [-0.2, 0) is 10.0 Å². The molecule has 0 aliphatic rings. The molecule has 0 aliphatic carbocycles. The van der Waals surface area contributed by atoms with E-state index in [-0.39, 0.29) is 18.1 Å². The lowest BCUT2D eigenvalue weighted by Crippen LogP contribution is -2.34. The molecule has 1 N–H and O–H groups in total. The molecular formula is C11H12Cl2N2O5S. The van der Waals surface area contributed by atoms with E-state index in [0.29, 0.717) is 0 Å². The number of hydrogen-bond donors (Lipinski definition) is 1. The minimum Gasteiger partial charge on any atom is -0.395 e. The lowest BCUT2D eigenvalue weighted by Gasteiger charge is -2.20. The van der Waals surface area contributed by atoms with Crippen molar-refractivity contribution in [3.05, 3.63) is 44.9 Å². The van der Waals surface area contributed by atoms with Gasteiger partial charge in [0, 0.05) is 13.1 Å². The summed E-state index contributed by atoms with van der Waals surface area (Å²) in [6, 6.07) is 2.17. The number of nitrogens with zero attached hydrogens (tertiary/aromatic N) is 2. The second-order valence-corrected chi connectivity index (χ2v) is 6.53. The quantitative estimate of drug-likeness (QED) is 0.458. The van der Waals surface area contributed by atoms with Crippen LogP contribution in [0.1, 0.15) is 0 Å². The third-order valence-electron chi connectivity index (χ3n) is 2.51. The summed E-state index contributed by atoms with van der Waals surface area (Å²) < 4.78 is 25.8. The first-order valence-corrected chi connectivity index (χ1v) is 7.81. The highest BCUT2D eigenvalue weighted by Gasteiger charge is 2.31. The fourth-order valence-corrected chi connectivity index (χ4v) is 3.86. The first kappa shape index (κ1) is 17.9. The van der Waals surface area contributed by atoms with Gasteiger partial charge in [0.25, 0.3) is 0 Å². The predicted molar refractivity (Wildman–Crippen MR) is 79.2 cm³/mol. The number of benzene rings is 1. The molecule has 21 heavy (non-hydrogen) atoms. The van der Waals surface area contributed by atoms with Gasteiger partial charge < -0.3 is 5.11 Å². The Balaban J connectivity index is 3.47. The molecule has 0 atom stereocenters. The molecule has 1 rings (SSSR count). The standard InChI is InChI=1S/C11H12Cl2N2O5S/c1-2-5-14(6-7-16)21(19,20)9-4-3-8(12)11(10(9)13)15(17)18/h2-4,16H,1,5-7H2. The third kappa shape index (κ3) is 3.72. The first-order valence-electron chi connectivity index (χ1n) is 5.61. The Kier molecular flexibility index (Phi) is 6.11. The molecule has 0 spiro atoms. The monoisotopic (exact) mass is 354 g/mol. The second kappa shape index (κ2) is 7.19. The number of aliphatic hydroxyl groups is 1. The normalized spacial score (nSPS) is 11.6. The van der Waals surface area contributed by atoms with Crippen molar-refractivity contribution in [3.63, 3.8) is 0 Å². The van der Waals surface area contributed by atoms with Crippen LogP contribution in [0.2, 0.25) is 10.0 Å². The second-order valence-electron chi connectivity index (χ2n) is 3.84. The van der Waals surface area contributed by atoms with Gasteiger partial charge in [0.15, 0.2) is 0 Å². The average molecular weight is 355 g/mol. The van der Waals surface area contributed by atoms with E-state index in [1.807, 2.05) is 0 Å². The van der Waals surface area contributed by atoms with E-state index in [9.17, 15) is 18.5 Å². The molecule has 0 unspecified atom stereocenters. The zero-order chi connectivity index (χ0) is 16.2. The van der Waals surface area contributed by atoms with Gasteiger partial charge in [-0.2, -0.15) is 4.31 Å². The molecular weight excluding hydrogens is 343 g/mol. The molecule has 7 nitrogen and oxygen atoms in total. The molecule has 0 amide bonds. The summed E-state index contributed by atoms with van der Waals surface area (Å²) in [5.74, 6) is 0. The van der Waals surface area contributed by atoms with Crippen molar-refractivity contribution in [2.75, 3.05) is 19.7 Å². The summed E-state index contributed by atoms with van der Waals surface area (Å²) in [5.41, 5.74) is -0.679. The van der Waals surface area contributed by atoms with Crippen molar-refractivity contribution in [3.8, 4) is 0 Å². The summed E-state index contributed by atoms with van der Waals surface area (Å²) in [6.45, 7) is 2.74. The molecule has 0 heterocycles. The van der Waals surface area contributed by atoms with Crippen LogP contribution in [-0.4, -0.2) is 42.4 Å². The van der Waals surface area contributed by atoms with Crippen molar-refractivity contribution < 1.29 is 18.4 Å². The van der Waals surface area contributed by atoms with Crippen LogP contribution in [0.4, 0.5) is 5.69 Å². The lowest BCUT2D eigenvalue weighted by atomic mass is 10.3. The van der Waals surface area contributed by atoms with Crippen LogP contribution in [0.15, 0.2) is 29.7 Å². The Morgan fingerprint density at radius 2 is 2.05 bits per heavy atom. The molecule has 0 bridgehead atoms. The molecule has 10 heteroatoms. The molecule has 0 saturated carbocycles. The van der Waals surface area contributed by atoms with Gasteiger partial charge in [-0.05, 0) is 12.1 Å². The number of nitro groups is 1. The van der Waals surface area contributed by atoms with Gasteiger partial charge >= 0.3 is 5.69 Å². The maximum Gasteiger partial charge on any atom is 0.307 e. The largest absolute Gasteiger partial charge is 0.395 e. The Bertz CT molecular complexity index is 663. The Morgan fingerprint density at radius 3 is 2.52 bits per heavy atom. The van der Waals surface area contributed by atoms with E-state index in [4.69, 9.17) is 28.3 Å². The fraction of sp³-hybridized carbons (Fsp3) is 0.273. The van der Waals surface area contributed by atoms with Crippen molar-refractivity contribution in [2.24, 2.45) is 0 Å². The number of hydrogen-bond acceptors (Lipinski definition) is 5. The van der Waals surface area contributed by atoms with Gasteiger partial charge in [-0.1, -0.05) is 29.3 Å². The molecule has 0 fully saturated rings. The van der Waals surface area contributed by atoms with Crippen molar-refractivity contribution in [1.29, 1.82) is 0 Å². The average Bonchev–Trinajstić information content (AvgIpc) is 2.37. The smallest absolute Gasteiger partial charge is 0.307 e. The van der Waals surface area contributed by atoms with Crippen LogP contribution in [0.5, 0.6) is 0 Å². The van der Waals surface area contributed by atoms with Gasteiger partial charge in [0.2, 0.25) is 10.0 Å². The molecule has 1 aromatic rings. The number of sulfonamides is 1. The fourth-order valence-electron chi connectivity index (χ4n) is 1.59. The van der Waals surface area contributed by atoms with Crippen molar-refractivity contribution >= 4 is 38.9 Å². The van der Waals surface area contributed by atoms with E-state index in [2.05, 4.69) is 6.58 Å². The van der Waals surface area contributed by atoms with E-state index in [1.165, 1.54) is 6.08 Å². The summed E-state index contributed by atoms with van der Waals surface area (Å²) in [5, 5.41) is 19.0. The zero-order valence-electron chi connectivity index (χ0n) is 10.7. The van der Waals surface area contributed by atoms with Crippen LogP contribution in [0.3, 0.4) is 0 Å². The van der Waals surface area contributed by atoms with Crippen LogP contribution < -0.4 is 0 Å². The van der Waals surface area contributed by atoms with Gasteiger partial charge in [-0.15, -0.1) is 6.58 Å². The maximum atomic E-state index is 12.4. The summed E-state index contributed by atoms with van der Waals surface area (Å²) >= 11 is 11.5. The summed E-state index contributed by atoms with van der Waals surface area (Å²) in [4.78, 5) is 9.61. The van der Waals surface area contributed by atoms with Gasteiger partial charge in [-0.25, -0.2) is 8.42 Å². The molecule has 0 aromatic heterocycles. The minimum absolute atomic E-state index is 0.0738. The molecule has 1 aromatic carbocycles. The van der Waals surface area contributed by atoms with E-state index >= 15 is 0 Å². The van der Waals surface area contributed by atoms with E-state index < -0.39 is 37.2 Å². The maximum absolute atomic E-state index is 12.4. The molecule has 0 aliphatic heterocycles. The highest BCUT2D eigenvalue weighted by molar-refractivity contribution is 7.89. The molecule has 0 saturated heterocycles. The third-order valence-corrected chi connectivity index (χ3v) is 5.22. The summed E-state index contributed by atoms with van der Waals surface area (Å²) in [6.07, 6.45) is 1.32. The van der Waals surface area contributed by atoms with E-state index in [1.54, 1.807) is 0 Å². The van der Waals surface area contributed by atoms with Gasteiger partial charge in [0.1, 0.15) is 14.9 Å². The number of rotatable bonds is 7. The summed E-state index contributed by atoms with van der Waals surface area (Å²) in [7, 11) is -4.12. The highest BCUT2D eigenvalue weighted by Crippen LogP contribution is 2.38. The van der Waals surface area contributed by atoms with Crippen LogP contribution >= 0.6 is 23.2 Å². The lowest BCUT2D eigenvalue weighted by molar-refractivity contribution is -0.384. The Hall–Kier alpha value is -1.19. The SMILES string of the molecule is C=CCN(CCO)S(=O)(=O)c1ccc(Cl)c([N+](=O)[O-])c1Cl. The number of nitro benzene ring substituents is 1. The first-order chi connectivity index (χ1) is 9.77. The Morgan fingerprint density at radius 1 is 1.43 bits per heavy atom. The van der Waals surface area contributed by atoms with Crippen LogP contribution in [0, 0.1) is 10.1 Å². The molecule has 0 radical (unpaired) electrons. The topological polar surface area (TPSA) is 101 Å². The van der Waals surface area contributed by atoms with Gasteiger partial charge in [-0.3, -0.25) is 10.1 Å². The van der Waals surface area contributed by atoms with Crippen molar-refractivity contribution in [1.82, 2.24) is 4.31 Å². The zero-order valence-corrected chi connectivity index (χ0v) is 13.0. The predicted octanol–water partition coefficient (Wildman–Crippen LogP) is 2.07.